The summed E-state index contributed by atoms with van der Waals surface area (Å²) in [6.45, 7) is 4.10. The molecule has 3 aliphatic rings. The number of rotatable bonds is 5. The van der Waals surface area contributed by atoms with Gasteiger partial charge in [0.15, 0.2) is 0 Å². The van der Waals surface area contributed by atoms with Gasteiger partial charge in [0.1, 0.15) is 17.6 Å². The second kappa shape index (κ2) is 6.37. The van der Waals surface area contributed by atoms with E-state index < -0.39 is 24.9 Å². The summed E-state index contributed by atoms with van der Waals surface area (Å²) in [5, 5.41) is 5.49. The highest BCUT2D eigenvalue weighted by Crippen LogP contribution is 2.48. The molecule has 0 radical (unpaired) electrons. The SMILES string of the molecule is CCOc1cc2c(cc1C1CC1NC(=O)C1CC(F)(F)CN1)OC(C)C2. The molecule has 2 heterocycles. The Morgan fingerprint density at radius 1 is 1.46 bits per heavy atom. The Balaban J connectivity index is 1.45. The van der Waals surface area contributed by atoms with Crippen LogP contribution in [0.4, 0.5) is 8.78 Å². The van der Waals surface area contributed by atoms with E-state index in [-0.39, 0.29) is 24.0 Å². The molecule has 2 N–H and O–H groups in total. The van der Waals surface area contributed by atoms with Gasteiger partial charge in [0.25, 0.3) is 5.92 Å². The summed E-state index contributed by atoms with van der Waals surface area (Å²) in [4.78, 5) is 12.2. The van der Waals surface area contributed by atoms with Crippen molar-refractivity contribution in [2.24, 2.45) is 0 Å². The Morgan fingerprint density at radius 2 is 2.27 bits per heavy atom. The number of ether oxygens (including phenoxy) is 2. The molecule has 1 aromatic rings. The summed E-state index contributed by atoms with van der Waals surface area (Å²) in [5.74, 6) is -1.31. The average molecular weight is 366 g/mol. The first-order chi connectivity index (χ1) is 12.4. The minimum atomic E-state index is -2.80. The summed E-state index contributed by atoms with van der Waals surface area (Å²) in [7, 11) is 0. The highest BCUT2D eigenvalue weighted by molar-refractivity contribution is 5.83. The van der Waals surface area contributed by atoms with Crippen molar-refractivity contribution >= 4 is 5.91 Å². The van der Waals surface area contributed by atoms with E-state index in [1.165, 1.54) is 0 Å². The van der Waals surface area contributed by atoms with Crippen LogP contribution in [0.1, 0.15) is 43.7 Å². The topological polar surface area (TPSA) is 59.6 Å². The Labute approximate surface area is 151 Å². The number of alkyl halides is 2. The Morgan fingerprint density at radius 3 is 2.96 bits per heavy atom. The lowest BCUT2D eigenvalue weighted by atomic mass is 10.0. The second-order valence-corrected chi connectivity index (χ2v) is 7.51. The molecule has 142 valence electrons. The molecule has 1 aliphatic carbocycles. The number of nitrogens with one attached hydrogen (secondary N) is 2. The van der Waals surface area contributed by atoms with Crippen LogP contribution in [0.15, 0.2) is 12.1 Å². The molecule has 1 amide bonds. The van der Waals surface area contributed by atoms with Crippen molar-refractivity contribution in [1.82, 2.24) is 10.6 Å². The second-order valence-electron chi connectivity index (χ2n) is 7.51. The van der Waals surface area contributed by atoms with Crippen LogP contribution in [0.5, 0.6) is 11.5 Å². The van der Waals surface area contributed by atoms with Crippen molar-refractivity contribution in [3.8, 4) is 11.5 Å². The number of amides is 1. The zero-order valence-electron chi connectivity index (χ0n) is 15.0. The highest BCUT2D eigenvalue weighted by Gasteiger charge is 2.46. The van der Waals surface area contributed by atoms with E-state index in [9.17, 15) is 13.6 Å². The lowest BCUT2D eigenvalue weighted by Crippen LogP contribution is -2.41. The molecule has 7 heteroatoms. The molecule has 5 nitrogen and oxygen atoms in total. The number of carbonyl (C=O) groups excluding carboxylic acids is 1. The van der Waals surface area contributed by atoms with Crippen LogP contribution in [0.25, 0.3) is 0 Å². The highest BCUT2D eigenvalue weighted by atomic mass is 19.3. The Hall–Kier alpha value is -1.89. The van der Waals surface area contributed by atoms with Crippen LogP contribution >= 0.6 is 0 Å². The number of fused-ring (bicyclic) bond motifs is 1. The van der Waals surface area contributed by atoms with Gasteiger partial charge in [-0.25, -0.2) is 8.78 Å². The van der Waals surface area contributed by atoms with Crippen LogP contribution in [0.2, 0.25) is 0 Å². The summed E-state index contributed by atoms with van der Waals surface area (Å²) < 4.78 is 38.2. The average Bonchev–Trinajstić information content (AvgIpc) is 3.07. The van der Waals surface area contributed by atoms with Crippen LogP contribution in [-0.4, -0.2) is 43.2 Å². The van der Waals surface area contributed by atoms with Gasteiger partial charge in [0, 0.05) is 35.9 Å². The van der Waals surface area contributed by atoms with Gasteiger partial charge in [0.05, 0.1) is 19.2 Å². The van der Waals surface area contributed by atoms with Crippen molar-refractivity contribution in [1.29, 1.82) is 0 Å². The number of carbonyl (C=O) groups is 1. The molecule has 4 unspecified atom stereocenters. The first kappa shape index (κ1) is 17.5. The summed E-state index contributed by atoms with van der Waals surface area (Å²) in [5.41, 5.74) is 2.16. The van der Waals surface area contributed by atoms with E-state index in [0.717, 1.165) is 35.5 Å². The van der Waals surface area contributed by atoms with E-state index in [1.807, 2.05) is 26.0 Å². The zero-order valence-corrected chi connectivity index (χ0v) is 15.0. The van der Waals surface area contributed by atoms with Crippen molar-refractivity contribution in [2.75, 3.05) is 13.2 Å². The third-order valence-electron chi connectivity index (χ3n) is 5.27. The lowest BCUT2D eigenvalue weighted by molar-refractivity contribution is -0.123. The van der Waals surface area contributed by atoms with Gasteiger partial charge in [-0.05, 0) is 32.4 Å². The third kappa shape index (κ3) is 3.37. The monoisotopic (exact) mass is 366 g/mol. The predicted octanol–water partition coefficient (Wildman–Crippen LogP) is 2.38. The maximum atomic E-state index is 13.3. The Bertz CT molecular complexity index is 725. The standard InChI is InChI=1S/C19H24F2N2O3/c1-3-25-17-5-11-4-10(2)26-16(11)7-13(17)12-6-14(12)23-18(24)15-8-19(20,21)9-22-15/h5,7,10,12,14-15,22H,3-4,6,8-9H2,1-2H3,(H,23,24). The fraction of sp³-hybridized carbons (Fsp3) is 0.632. The van der Waals surface area contributed by atoms with Crippen LogP contribution in [0, 0.1) is 0 Å². The first-order valence-corrected chi connectivity index (χ1v) is 9.24. The first-order valence-electron chi connectivity index (χ1n) is 9.24. The van der Waals surface area contributed by atoms with Crippen molar-refractivity contribution in [2.45, 2.75) is 63.1 Å². The van der Waals surface area contributed by atoms with E-state index >= 15 is 0 Å². The maximum absolute atomic E-state index is 13.3. The molecule has 4 rings (SSSR count). The van der Waals surface area contributed by atoms with Crippen molar-refractivity contribution in [3.63, 3.8) is 0 Å². The molecule has 2 fully saturated rings. The number of halogens is 2. The summed E-state index contributed by atoms with van der Waals surface area (Å²) in [6.07, 6.45) is 1.36. The van der Waals surface area contributed by atoms with Gasteiger partial charge in [0.2, 0.25) is 5.91 Å². The minimum Gasteiger partial charge on any atom is -0.494 e. The molecule has 1 aromatic carbocycles. The van der Waals surface area contributed by atoms with Crippen molar-refractivity contribution < 1.29 is 23.0 Å². The van der Waals surface area contributed by atoms with E-state index in [2.05, 4.69) is 10.6 Å². The molecular formula is C19H24F2N2O3. The molecule has 2 aliphatic heterocycles. The van der Waals surface area contributed by atoms with Gasteiger partial charge < -0.3 is 14.8 Å². The molecular weight excluding hydrogens is 342 g/mol. The smallest absolute Gasteiger partial charge is 0.262 e. The minimum absolute atomic E-state index is 0.0467. The largest absolute Gasteiger partial charge is 0.494 e. The number of benzene rings is 1. The molecule has 0 spiro atoms. The van der Waals surface area contributed by atoms with E-state index in [1.54, 1.807) is 0 Å². The van der Waals surface area contributed by atoms with Gasteiger partial charge in [-0.1, -0.05) is 0 Å². The molecule has 4 atom stereocenters. The van der Waals surface area contributed by atoms with Gasteiger partial charge in [-0.3, -0.25) is 10.1 Å². The number of hydrogen-bond donors (Lipinski definition) is 2. The van der Waals surface area contributed by atoms with Crippen molar-refractivity contribution in [3.05, 3.63) is 23.3 Å². The maximum Gasteiger partial charge on any atom is 0.262 e. The third-order valence-corrected chi connectivity index (χ3v) is 5.27. The van der Waals surface area contributed by atoms with E-state index in [4.69, 9.17) is 9.47 Å². The fourth-order valence-corrected chi connectivity index (χ4v) is 3.91. The summed E-state index contributed by atoms with van der Waals surface area (Å²) in [6, 6.07) is 3.19. The Kier molecular flexibility index (Phi) is 4.29. The van der Waals surface area contributed by atoms with E-state index in [0.29, 0.717) is 6.61 Å². The molecule has 1 saturated carbocycles. The summed E-state index contributed by atoms with van der Waals surface area (Å²) >= 11 is 0. The number of hydrogen-bond acceptors (Lipinski definition) is 4. The van der Waals surface area contributed by atoms with Crippen LogP contribution in [-0.2, 0) is 11.2 Å². The lowest BCUT2D eigenvalue weighted by Gasteiger charge is -2.14. The van der Waals surface area contributed by atoms with Gasteiger partial charge in [-0.2, -0.15) is 0 Å². The molecule has 0 bridgehead atoms. The van der Waals surface area contributed by atoms with Gasteiger partial charge >= 0.3 is 0 Å². The molecule has 1 saturated heterocycles. The van der Waals surface area contributed by atoms with Gasteiger partial charge in [-0.15, -0.1) is 0 Å². The van der Waals surface area contributed by atoms with Crippen LogP contribution < -0.4 is 20.1 Å². The molecule has 0 aromatic heterocycles. The quantitative estimate of drug-likeness (QED) is 0.840. The predicted molar refractivity (Wildman–Crippen MR) is 92.0 cm³/mol. The fourth-order valence-electron chi connectivity index (χ4n) is 3.91. The zero-order chi connectivity index (χ0) is 18.5. The van der Waals surface area contributed by atoms with Crippen LogP contribution in [0.3, 0.4) is 0 Å². The normalized spacial score (nSPS) is 31.2. The molecule has 26 heavy (non-hydrogen) atoms.